The van der Waals surface area contributed by atoms with Gasteiger partial charge in [0, 0.05) is 24.0 Å². The molecule has 0 unspecified atom stereocenters. The van der Waals surface area contributed by atoms with E-state index < -0.39 is 0 Å². The van der Waals surface area contributed by atoms with Crippen LogP contribution in [0.2, 0.25) is 0 Å². The number of nitrogens with one attached hydrogen (secondary N) is 1. The maximum atomic E-state index is 12.1. The first-order valence-electron chi connectivity index (χ1n) is 8.43. The zero-order chi connectivity index (χ0) is 16.6. The molecule has 24 heavy (non-hydrogen) atoms. The number of amides is 1. The van der Waals surface area contributed by atoms with Crippen molar-refractivity contribution >= 4 is 11.6 Å². The summed E-state index contributed by atoms with van der Waals surface area (Å²) in [5.41, 5.74) is 2.86. The van der Waals surface area contributed by atoms with Gasteiger partial charge >= 0.3 is 0 Å². The summed E-state index contributed by atoms with van der Waals surface area (Å²) in [7, 11) is 0. The van der Waals surface area contributed by atoms with Gasteiger partial charge in [0.05, 0.1) is 5.69 Å². The molecule has 1 heterocycles. The third-order valence-electron chi connectivity index (χ3n) is 4.05. The first-order chi connectivity index (χ1) is 11.8. The molecule has 1 amide bonds. The van der Waals surface area contributed by atoms with E-state index >= 15 is 0 Å². The van der Waals surface area contributed by atoms with Gasteiger partial charge in [0.25, 0.3) is 0 Å². The minimum Gasteiger partial charge on any atom is -0.487 e. The molecule has 0 radical (unpaired) electrons. The van der Waals surface area contributed by atoms with Crippen LogP contribution >= 0.6 is 0 Å². The standard InChI is InChI=1S/C20H22N2O2/c23-20(13-16-7-2-1-3-8-16)22-17-10-6-11-19(14-17)24-15-18-9-4-5-12-21-18/h4-6,9-14H,1-3,7-8,15H2,(H,22,23). The van der Waals surface area contributed by atoms with Crippen molar-refractivity contribution in [3.05, 3.63) is 66.0 Å². The monoisotopic (exact) mass is 322 g/mol. The Hall–Kier alpha value is -2.62. The summed E-state index contributed by atoms with van der Waals surface area (Å²) < 4.78 is 5.74. The average molecular weight is 322 g/mol. The van der Waals surface area contributed by atoms with Crippen LogP contribution in [0.25, 0.3) is 0 Å². The lowest BCUT2D eigenvalue weighted by Crippen LogP contribution is -2.10. The third-order valence-corrected chi connectivity index (χ3v) is 4.05. The maximum absolute atomic E-state index is 12.1. The quantitative estimate of drug-likeness (QED) is 0.825. The van der Waals surface area contributed by atoms with E-state index in [4.69, 9.17) is 4.74 Å². The Labute approximate surface area is 142 Å². The van der Waals surface area contributed by atoms with E-state index in [0.29, 0.717) is 12.4 Å². The minimum atomic E-state index is -0.0613. The summed E-state index contributed by atoms with van der Waals surface area (Å²) in [6, 6.07) is 13.2. The molecule has 4 heteroatoms. The molecule has 1 aromatic heterocycles. The van der Waals surface area contributed by atoms with E-state index in [9.17, 15) is 4.79 Å². The van der Waals surface area contributed by atoms with Gasteiger partial charge in [-0.05, 0) is 49.9 Å². The van der Waals surface area contributed by atoms with Crippen LogP contribution in [0.3, 0.4) is 0 Å². The number of hydrogen-bond donors (Lipinski definition) is 1. The topological polar surface area (TPSA) is 51.2 Å². The van der Waals surface area contributed by atoms with Crippen molar-refractivity contribution in [3.63, 3.8) is 0 Å². The number of rotatable bonds is 5. The number of nitrogens with zero attached hydrogens (tertiary/aromatic N) is 1. The number of carbonyl (C=O) groups excluding carboxylic acids is 1. The van der Waals surface area contributed by atoms with E-state index in [1.807, 2.05) is 42.5 Å². The van der Waals surface area contributed by atoms with Crippen molar-refractivity contribution in [2.24, 2.45) is 0 Å². The summed E-state index contributed by atoms with van der Waals surface area (Å²) >= 11 is 0. The molecule has 0 atom stereocenters. The number of anilines is 1. The summed E-state index contributed by atoms with van der Waals surface area (Å²) in [6.07, 6.45) is 9.23. The zero-order valence-electron chi connectivity index (χ0n) is 13.7. The van der Waals surface area contributed by atoms with Gasteiger partial charge in [-0.2, -0.15) is 0 Å². The molecule has 4 nitrogen and oxygen atoms in total. The number of ether oxygens (including phenoxy) is 1. The number of hydrogen-bond acceptors (Lipinski definition) is 3. The molecule has 0 spiro atoms. The van der Waals surface area contributed by atoms with Gasteiger partial charge in [-0.25, -0.2) is 0 Å². The van der Waals surface area contributed by atoms with Crippen molar-refractivity contribution in [2.45, 2.75) is 38.7 Å². The van der Waals surface area contributed by atoms with Crippen molar-refractivity contribution in [3.8, 4) is 5.75 Å². The molecular formula is C20H22N2O2. The molecule has 0 bridgehead atoms. The van der Waals surface area contributed by atoms with Gasteiger partial charge in [0.1, 0.15) is 12.4 Å². The largest absolute Gasteiger partial charge is 0.487 e. The summed E-state index contributed by atoms with van der Waals surface area (Å²) in [5.74, 6) is 0.651. The fourth-order valence-electron chi connectivity index (χ4n) is 2.82. The smallest absolute Gasteiger partial charge is 0.248 e. The second-order valence-electron chi connectivity index (χ2n) is 5.99. The second kappa shape index (κ2) is 8.29. The Balaban J connectivity index is 1.57. The SMILES string of the molecule is O=C(C=C1CCCCC1)Nc1cccc(OCc2ccccn2)c1. The average Bonchev–Trinajstić information content (AvgIpc) is 2.62. The molecule has 3 rings (SSSR count). The summed E-state index contributed by atoms with van der Waals surface area (Å²) in [5, 5.41) is 2.92. The van der Waals surface area contributed by atoms with Gasteiger partial charge in [0.2, 0.25) is 5.91 Å². The second-order valence-corrected chi connectivity index (χ2v) is 5.99. The molecule has 1 saturated carbocycles. The molecule has 2 aromatic rings. The molecule has 1 aromatic carbocycles. The van der Waals surface area contributed by atoms with Gasteiger partial charge < -0.3 is 10.1 Å². The minimum absolute atomic E-state index is 0.0613. The Morgan fingerprint density at radius 2 is 2.00 bits per heavy atom. The van der Waals surface area contributed by atoms with E-state index in [0.717, 1.165) is 24.2 Å². The molecular weight excluding hydrogens is 300 g/mol. The normalized spacial score (nSPS) is 14.1. The highest BCUT2D eigenvalue weighted by Gasteiger charge is 2.08. The molecule has 1 aliphatic rings. The fraction of sp³-hybridized carbons (Fsp3) is 0.300. The van der Waals surface area contributed by atoms with Crippen LogP contribution in [-0.2, 0) is 11.4 Å². The first kappa shape index (κ1) is 16.2. The highest BCUT2D eigenvalue weighted by Crippen LogP contribution is 2.23. The Kier molecular flexibility index (Phi) is 5.61. The Morgan fingerprint density at radius 3 is 2.79 bits per heavy atom. The van der Waals surface area contributed by atoms with Gasteiger partial charge in [-0.1, -0.05) is 24.1 Å². The molecule has 0 aliphatic heterocycles. The van der Waals surface area contributed by atoms with Gasteiger partial charge in [-0.3, -0.25) is 9.78 Å². The van der Waals surface area contributed by atoms with Crippen LogP contribution in [0.5, 0.6) is 5.75 Å². The fourth-order valence-corrected chi connectivity index (χ4v) is 2.82. The molecule has 1 N–H and O–H groups in total. The predicted octanol–water partition coefficient (Wildman–Crippen LogP) is 4.49. The lowest BCUT2D eigenvalue weighted by atomic mass is 9.94. The lowest BCUT2D eigenvalue weighted by molar-refractivity contribution is -0.112. The van der Waals surface area contributed by atoms with Gasteiger partial charge in [-0.15, -0.1) is 0 Å². The number of benzene rings is 1. The molecule has 1 aliphatic carbocycles. The summed E-state index contributed by atoms with van der Waals surface area (Å²) in [4.78, 5) is 16.4. The number of allylic oxidation sites excluding steroid dienone is 1. The van der Waals surface area contributed by atoms with Crippen LogP contribution in [0.15, 0.2) is 60.3 Å². The number of aromatic nitrogens is 1. The molecule has 124 valence electrons. The molecule has 0 saturated heterocycles. The Bertz CT molecular complexity index is 703. The highest BCUT2D eigenvalue weighted by molar-refractivity contribution is 5.99. The van der Waals surface area contributed by atoms with Crippen molar-refractivity contribution in [2.75, 3.05) is 5.32 Å². The van der Waals surface area contributed by atoms with E-state index in [-0.39, 0.29) is 5.91 Å². The lowest BCUT2D eigenvalue weighted by Gasteiger charge is -2.13. The third kappa shape index (κ3) is 4.95. The van der Waals surface area contributed by atoms with Crippen molar-refractivity contribution < 1.29 is 9.53 Å². The predicted molar refractivity (Wildman–Crippen MR) is 94.8 cm³/mol. The number of carbonyl (C=O) groups is 1. The first-order valence-corrected chi connectivity index (χ1v) is 8.43. The maximum Gasteiger partial charge on any atom is 0.248 e. The summed E-state index contributed by atoms with van der Waals surface area (Å²) in [6.45, 7) is 0.405. The molecule has 1 fully saturated rings. The van der Waals surface area contributed by atoms with Crippen LogP contribution < -0.4 is 10.1 Å². The highest BCUT2D eigenvalue weighted by atomic mass is 16.5. The van der Waals surface area contributed by atoms with Crippen LogP contribution in [0, 0.1) is 0 Å². The Morgan fingerprint density at radius 1 is 1.12 bits per heavy atom. The van der Waals surface area contributed by atoms with E-state index in [2.05, 4.69) is 10.3 Å². The van der Waals surface area contributed by atoms with E-state index in [1.54, 1.807) is 12.3 Å². The van der Waals surface area contributed by atoms with Crippen molar-refractivity contribution in [1.29, 1.82) is 0 Å². The van der Waals surface area contributed by atoms with Crippen molar-refractivity contribution in [1.82, 2.24) is 4.98 Å². The van der Waals surface area contributed by atoms with E-state index in [1.165, 1.54) is 24.8 Å². The van der Waals surface area contributed by atoms with Crippen LogP contribution in [0.4, 0.5) is 5.69 Å². The van der Waals surface area contributed by atoms with Gasteiger partial charge in [0.15, 0.2) is 0 Å². The zero-order valence-corrected chi connectivity index (χ0v) is 13.7. The van der Waals surface area contributed by atoms with Crippen LogP contribution in [0.1, 0.15) is 37.8 Å². The number of pyridine rings is 1. The van der Waals surface area contributed by atoms with Crippen LogP contribution in [-0.4, -0.2) is 10.9 Å².